The summed E-state index contributed by atoms with van der Waals surface area (Å²) in [6.45, 7) is 4.29. The van der Waals surface area contributed by atoms with Gasteiger partial charge in [0.1, 0.15) is 5.75 Å². The van der Waals surface area contributed by atoms with Crippen molar-refractivity contribution in [3.05, 3.63) is 59.7 Å². The van der Waals surface area contributed by atoms with E-state index in [9.17, 15) is 4.79 Å². The van der Waals surface area contributed by atoms with Gasteiger partial charge in [-0.2, -0.15) is 0 Å². The van der Waals surface area contributed by atoms with Gasteiger partial charge >= 0.3 is 0 Å². The molecule has 0 spiro atoms. The van der Waals surface area contributed by atoms with Gasteiger partial charge in [0.15, 0.2) is 0 Å². The van der Waals surface area contributed by atoms with Crippen LogP contribution in [0.25, 0.3) is 0 Å². The summed E-state index contributed by atoms with van der Waals surface area (Å²) in [6.07, 6.45) is 1.99. The summed E-state index contributed by atoms with van der Waals surface area (Å²) in [5, 5.41) is 6.43. The van der Waals surface area contributed by atoms with Gasteiger partial charge in [0, 0.05) is 30.3 Å². The molecule has 2 heterocycles. The molecular formula is C21H24N2O3. The third kappa shape index (κ3) is 3.59. The van der Waals surface area contributed by atoms with E-state index in [2.05, 4.69) is 22.8 Å². The van der Waals surface area contributed by atoms with Crippen molar-refractivity contribution in [2.75, 3.05) is 25.1 Å². The number of hydrogen-bond acceptors (Lipinski definition) is 4. The molecule has 2 atom stereocenters. The summed E-state index contributed by atoms with van der Waals surface area (Å²) in [5.41, 5.74) is 2.59. The lowest BCUT2D eigenvalue weighted by molar-refractivity contribution is -0.00521. The van der Waals surface area contributed by atoms with E-state index in [1.807, 2.05) is 31.2 Å². The first-order chi connectivity index (χ1) is 12.7. The third-order valence-electron chi connectivity index (χ3n) is 5.09. The highest BCUT2D eigenvalue weighted by Crippen LogP contribution is 2.34. The van der Waals surface area contributed by atoms with Gasteiger partial charge < -0.3 is 20.1 Å². The van der Waals surface area contributed by atoms with Gasteiger partial charge in [-0.3, -0.25) is 4.79 Å². The van der Waals surface area contributed by atoms with Crippen LogP contribution in [0.15, 0.2) is 48.5 Å². The smallest absolute Gasteiger partial charge is 0.255 e. The van der Waals surface area contributed by atoms with Gasteiger partial charge in [0.05, 0.1) is 18.8 Å². The molecular weight excluding hydrogens is 328 g/mol. The Labute approximate surface area is 153 Å². The van der Waals surface area contributed by atoms with Crippen molar-refractivity contribution in [2.45, 2.75) is 31.4 Å². The molecule has 0 radical (unpaired) electrons. The minimum Gasteiger partial charge on any atom is -0.494 e. The van der Waals surface area contributed by atoms with E-state index in [-0.39, 0.29) is 11.5 Å². The molecule has 0 aromatic heterocycles. The number of benzene rings is 2. The first kappa shape index (κ1) is 17.1. The predicted molar refractivity (Wildman–Crippen MR) is 101 cm³/mol. The fraction of sp³-hybridized carbons (Fsp3) is 0.381. The van der Waals surface area contributed by atoms with E-state index in [0.29, 0.717) is 18.2 Å². The molecule has 2 aliphatic heterocycles. The summed E-state index contributed by atoms with van der Waals surface area (Å²) in [6, 6.07) is 15.7. The average molecular weight is 352 g/mol. The molecule has 2 aliphatic rings. The highest BCUT2D eigenvalue weighted by molar-refractivity contribution is 6.04. The molecule has 0 saturated carbocycles. The number of ether oxygens (including phenoxy) is 2. The monoisotopic (exact) mass is 352 g/mol. The lowest BCUT2D eigenvalue weighted by Gasteiger charge is -2.26. The Hall–Kier alpha value is -2.37. The molecule has 4 rings (SSSR count). The molecule has 2 bridgehead atoms. The molecule has 2 fully saturated rings. The highest BCUT2D eigenvalue weighted by Gasteiger charge is 2.45. The lowest BCUT2D eigenvalue weighted by atomic mass is 9.93. The summed E-state index contributed by atoms with van der Waals surface area (Å²) >= 11 is 0. The molecule has 2 aromatic carbocycles. The maximum atomic E-state index is 12.4. The molecule has 5 nitrogen and oxygen atoms in total. The van der Waals surface area contributed by atoms with Gasteiger partial charge in [-0.25, -0.2) is 0 Å². The van der Waals surface area contributed by atoms with Crippen LogP contribution in [0.1, 0.15) is 29.3 Å². The summed E-state index contributed by atoms with van der Waals surface area (Å²) < 4.78 is 11.4. The third-order valence-corrected chi connectivity index (χ3v) is 5.09. The maximum absolute atomic E-state index is 12.4. The predicted octanol–water partition coefficient (Wildman–Crippen LogP) is 3.01. The van der Waals surface area contributed by atoms with E-state index < -0.39 is 0 Å². The van der Waals surface area contributed by atoms with E-state index >= 15 is 0 Å². The van der Waals surface area contributed by atoms with E-state index in [0.717, 1.165) is 37.4 Å². The van der Waals surface area contributed by atoms with Crippen molar-refractivity contribution in [2.24, 2.45) is 0 Å². The van der Waals surface area contributed by atoms with Crippen molar-refractivity contribution >= 4 is 11.6 Å². The number of amides is 1. The number of anilines is 1. The first-order valence-electron chi connectivity index (χ1n) is 9.16. The number of carbonyl (C=O) groups is 1. The van der Waals surface area contributed by atoms with Crippen molar-refractivity contribution < 1.29 is 14.3 Å². The molecule has 1 amide bonds. The SMILES string of the molecule is CCOc1ccc(C(=O)Nc2ccc(CC34CNC(CO3)C4)cc2)cc1. The van der Waals surface area contributed by atoms with E-state index in [1.165, 1.54) is 5.56 Å². The minimum atomic E-state index is -0.124. The molecule has 136 valence electrons. The fourth-order valence-electron chi connectivity index (χ4n) is 3.77. The molecule has 2 N–H and O–H groups in total. The van der Waals surface area contributed by atoms with Crippen molar-refractivity contribution in [3.8, 4) is 5.75 Å². The Bertz CT molecular complexity index is 763. The summed E-state index contributed by atoms with van der Waals surface area (Å²) in [7, 11) is 0. The Morgan fingerprint density at radius 3 is 2.58 bits per heavy atom. The summed E-state index contributed by atoms with van der Waals surface area (Å²) in [5.74, 6) is 0.645. The van der Waals surface area contributed by atoms with Crippen LogP contribution in [0.5, 0.6) is 5.75 Å². The van der Waals surface area contributed by atoms with Crippen LogP contribution in [-0.2, 0) is 11.2 Å². The molecule has 2 unspecified atom stereocenters. The molecule has 2 saturated heterocycles. The van der Waals surface area contributed by atoms with Crippen LogP contribution in [0.4, 0.5) is 5.69 Å². The van der Waals surface area contributed by atoms with Crippen LogP contribution >= 0.6 is 0 Å². The number of rotatable bonds is 6. The zero-order valence-electron chi connectivity index (χ0n) is 15.0. The van der Waals surface area contributed by atoms with Crippen LogP contribution in [0.3, 0.4) is 0 Å². The number of fused-ring (bicyclic) bond motifs is 2. The number of nitrogens with one attached hydrogen (secondary N) is 2. The second-order valence-corrected chi connectivity index (χ2v) is 7.06. The normalized spacial score (nSPS) is 23.8. The second-order valence-electron chi connectivity index (χ2n) is 7.06. The van der Waals surface area contributed by atoms with E-state index in [1.54, 1.807) is 12.1 Å². The van der Waals surface area contributed by atoms with Gasteiger partial charge in [-0.15, -0.1) is 0 Å². The van der Waals surface area contributed by atoms with Crippen LogP contribution in [-0.4, -0.2) is 37.3 Å². The number of morpholine rings is 1. The molecule has 5 heteroatoms. The van der Waals surface area contributed by atoms with Crippen LogP contribution in [0.2, 0.25) is 0 Å². The number of carbonyl (C=O) groups excluding carboxylic acids is 1. The van der Waals surface area contributed by atoms with Gasteiger partial charge in [-0.1, -0.05) is 12.1 Å². The highest BCUT2D eigenvalue weighted by atomic mass is 16.5. The Morgan fingerprint density at radius 2 is 2.00 bits per heavy atom. The lowest BCUT2D eigenvalue weighted by Crippen LogP contribution is -2.40. The minimum absolute atomic E-state index is 0.0439. The Morgan fingerprint density at radius 1 is 1.23 bits per heavy atom. The molecule has 0 aliphatic carbocycles. The quantitative estimate of drug-likeness (QED) is 0.839. The van der Waals surface area contributed by atoms with Gasteiger partial charge in [0.2, 0.25) is 0 Å². The largest absolute Gasteiger partial charge is 0.494 e. The van der Waals surface area contributed by atoms with Crippen LogP contribution < -0.4 is 15.4 Å². The van der Waals surface area contributed by atoms with Crippen molar-refractivity contribution in [3.63, 3.8) is 0 Å². The van der Waals surface area contributed by atoms with Crippen LogP contribution in [0, 0.1) is 0 Å². The average Bonchev–Trinajstić information content (AvgIpc) is 3.25. The fourth-order valence-corrected chi connectivity index (χ4v) is 3.77. The van der Waals surface area contributed by atoms with Crippen molar-refractivity contribution in [1.82, 2.24) is 5.32 Å². The maximum Gasteiger partial charge on any atom is 0.255 e. The molecule has 26 heavy (non-hydrogen) atoms. The first-order valence-corrected chi connectivity index (χ1v) is 9.16. The van der Waals surface area contributed by atoms with Gasteiger partial charge in [0.25, 0.3) is 5.91 Å². The Kier molecular flexibility index (Phi) is 4.66. The standard InChI is InChI=1S/C21H24N2O3/c1-2-25-19-9-5-16(6-10-19)20(24)23-17-7-3-15(4-8-17)11-21-12-18(13-26-21)22-14-21/h3-10,18,22H,2,11-14H2,1H3,(H,23,24). The Balaban J connectivity index is 1.37. The zero-order valence-corrected chi connectivity index (χ0v) is 15.0. The molecule has 2 aromatic rings. The topological polar surface area (TPSA) is 59.6 Å². The van der Waals surface area contributed by atoms with Gasteiger partial charge in [-0.05, 0) is 55.3 Å². The summed E-state index contributed by atoms with van der Waals surface area (Å²) in [4.78, 5) is 12.4. The second kappa shape index (κ2) is 7.09. The zero-order chi connectivity index (χ0) is 18.0. The van der Waals surface area contributed by atoms with E-state index in [4.69, 9.17) is 9.47 Å². The van der Waals surface area contributed by atoms with Crippen molar-refractivity contribution in [1.29, 1.82) is 0 Å². The number of hydrogen-bond donors (Lipinski definition) is 2.